The molecule has 5 heteroatoms. The molecule has 1 aromatic heterocycles. The Labute approximate surface area is 186 Å². The zero-order chi connectivity index (χ0) is 22.1. The van der Waals surface area contributed by atoms with E-state index in [4.69, 9.17) is 0 Å². The summed E-state index contributed by atoms with van der Waals surface area (Å²) in [5.74, 6) is -0.297. The Bertz CT molecular complexity index is 1260. The molecule has 0 unspecified atom stereocenters. The molecule has 0 fully saturated rings. The number of hydrogen-bond donors (Lipinski definition) is 1. The Morgan fingerprint density at radius 2 is 1.72 bits per heavy atom. The molecular formula is C27H24FN3O. The van der Waals surface area contributed by atoms with Crippen LogP contribution in [0.15, 0.2) is 91.1 Å². The predicted octanol–water partition coefficient (Wildman–Crippen LogP) is 6.32. The molecule has 5 rings (SSSR count). The van der Waals surface area contributed by atoms with Crippen molar-refractivity contribution in [3.8, 4) is 5.69 Å². The number of amides is 2. The number of carbonyl (C=O) groups excluding carboxylic acids is 1. The zero-order valence-electron chi connectivity index (χ0n) is 17.8. The summed E-state index contributed by atoms with van der Waals surface area (Å²) in [6.45, 7) is 2.50. The van der Waals surface area contributed by atoms with E-state index in [-0.39, 0.29) is 17.9 Å². The van der Waals surface area contributed by atoms with E-state index in [2.05, 4.69) is 22.9 Å². The minimum absolute atomic E-state index is 0.190. The van der Waals surface area contributed by atoms with E-state index in [0.29, 0.717) is 6.54 Å². The van der Waals surface area contributed by atoms with Crippen LogP contribution in [0.5, 0.6) is 0 Å². The minimum atomic E-state index is -0.369. The Hall–Kier alpha value is -3.86. The number of nitrogens with zero attached hydrogens (tertiary/aromatic N) is 2. The van der Waals surface area contributed by atoms with Crippen LogP contribution in [0, 0.1) is 5.82 Å². The molecule has 32 heavy (non-hydrogen) atoms. The van der Waals surface area contributed by atoms with E-state index in [1.54, 1.807) is 12.1 Å². The molecule has 1 aliphatic rings. The molecule has 0 saturated heterocycles. The third-order valence-electron chi connectivity index (χ3n) is 6.05. The Balaban J connectivity index is 1.63. The van der Waals surface area contributed by atoms with Crippen LogP contribution in [0.3, 0.4) is 0 Å². The maximum absolute atomic E-state index is 13.7. The van der Waals surface area contributed by atoms with Crippen LogP contribution < -0.4 is 5.32 Å². The average molecular weight is 426 g/mol. The highest BCUT2D eigenvalue weighted by atomic mass is 19.1. The molecule has 1 atom stereocenters. The zero-order valence-corrected chi connectivity index (χ0v) is 17.8. The second-order valence-corrected chi connectivity index (χ2v) is 7.95. The summed E-state index contributed by atoms with van der Waals surface area (Å²) in [7, 11) is 0. The molecule has 0 radical (unpaired) electrons. The highest BCUT2D eigenvalue weighted by molar-refractivity contribution is 5.91. The summed E-state index contributed by atoms with van der Waals surface area (Å²) in [5, 5.41) is 3.13. The van der Waals surface area contributed by atoms with Crippen molar-refractivity contribution in [2.45, 2.75) is 25.9 Å². The van der Waals surface area contributed by atoms with Crippen LogP contribution in [0.2, 0.25) is 0 Å². The molecule has 0 aliphatic carbocycles. The summed E-state index contributed by atoms with van der Waals surface area (Å²) >= 11 is 0. The topological polar surface area (TPSA) is 37.3 Å². The van der Waals surface area contributed by atoms with Crippen LogP contribution in [0.4, 0.5) is 14.9 Å². The third-order valence-corrected chi connectivity index (χ3v) is 6.05. The smallest absolute Gasteiger partial charge is 0.318 e. The van der Waals surface area contributed by atoms with E-state index >= 15 is 0 Å². The van der Waals surface area contributed by atoms with Crippen molar-refractivity contribution in [3.63, 3.8) is 0 Å². The van der Waals surface area contributed by atoms with Crippen molar-refractivity contribution < 1.29 is 9.18 Å². The van der Waals surface area contributed by atoms with Gasteiger partial charge in [0, 0.05) is 17.6 Å². The van der Waals surface area contributed by atoms with Crippen LogP contribution in [0.25, 0.3) is 5.69 Å². The molecular weight excluding hydrogens is 401 g/mol. The molecule has 2 heterocycles. The Morgan fingerprint density at radius 1 is 0.969 bits per heavy atom. The van der Waals surface area contributed by atoms with Gasteiger partial charge in [-0.3, -0.25) is 0 Å². The first-order valence-electron chi connectivity index (χ1n) is 10.8. The molecule has 2 amide bonds. The van der Waals surface area contributed by atoms with E-state index < -0.39 is 0 Å². The normalized spacial score (nSPS) is 14.9. The summed E-state index contributed by atoms with van der Waals surface area (Å²) in [6.07, 6.45) is 2.84. The molecule has 4 aromatic rings. The van der Waals surface area contributed by atoms with Gasteiger partial charge >= 0.3 is 6.03 Å². The van der Waals surface area contributed by atoms with Gasteiger partial charge in [0.2, 0.25) is 0 Å². The van der Waals surface area contributed by atoms with E-state index in [0.717, 1.165) is 40.2 Å². The van der Waals surface area contributed by atoms with Crippen molar-refractivity contribution in [3.05, 3.63) is 119 Å². The first kappa shape index (κ1) is 20.1. The first-order chi connectivity index (χ1) is 15.7. The van der Waals surface area contributed by atoms with Gasteiger partial charge in [0.15, 0.2) is 0 Å². The van der Waals surface area contributed by atoms with Crippen molar-refractivity contribution in [2.24, 2.45) is 0 Å². The van der Waals surface area contributed by atoms with Gasteiger partial charge in [0.25, 0.3) is 0 Å². The average Bonchev–Trinajstić information content (AvgIpc) is 3.24. The number of para-hydroxylation sites is 2. The SMILES string of the molecule is CCc1ccccc1NC(=O)N1Cc2ccccc2-n2cccc2[C@@H]1c1ccc(F)cc1. The summed E-state index contributed by atoms with van der Waals surface area (Å²) < 4.78 is 15.8. The molecule has 1 aliphatic heterocycles. The maximum atomic E-state index is 13.7. The van der Waals surface area contributed by atoms with Gasteiger partial charge in [-0.1, -0.05) is 55.5 Å². The number of benzene rings is 3. The number of aromatic nitrogens is 1. The lowest BCUT2D eigenvalue weighted by Gasteiger charge is -2.31. The van der Waals surface area contributed by atoms with E-state index in [1.807, 2.05) is 65.7 Å². The third kappa shape index (κ3) is 3.56. The molecule has 0 saturated carbocycles. The fraction of sp³-hybridized carbons (Fsp3) is 0.148. The van der Waals surface area contributed by atoms with Crippen molar-refractivity contribution >= 4 is 11.7 Å². The number of aryl methyl sites for hydroxylation is 1. The standard InChI is InChI=1S/C27H24FN3O/c1-2-19-8-3-5-10-23(19)29-27(32)31-18-21-9-4-6-11-24(21)30-17-7-12-25(30)26(31)20-13-15-22(28)16-14-20/h3-17,26H,2,18H2,1H3,(H,29,32)/t26-/m0/s1. The van der Waals surface area contributed by atoms with Crippen LogP contribution in [-0.2, 0) is 13.0 Å². The maximum Gasteiger partial charge on any atom is 0.322 e. The first-order valence-corrected chi connectivity index (χ1v) is 10.8. The number of urea groups is 1. The summed E-state index contributed by atoms with van der Waals surface area (Å²) in [4.78, 5) is 15.5. The largest absolute Gasteiger partial charge is 0.322 e. The number of anilines is 1. The van der Waals surface area contributed by atoms with Crippen molar-refractivity contribution in [1.82, 2.24) is 9.47 Å². The molecule has 3 aromatic carbocycles. The Morgan fingerprint density at radius 3 is 2.53 bits per heavy atom. The lowest BCUT2D eigenvalue weighted by atomic mass is 10.0. The monoisotopic (exact) mass is 425 g/mol. The van der Waals surface area contributed by atoms with E-state index in [9.17, 15) is 9.18 Å². The molecule has 0 bridgehead atoms. The summed E-state index contributed by atoms with van der Waals surface area (Å²) in [6, 6.07) is 25.8. The fourth-order valence-electron chi connectivity index (χ4n) is 4.47. The van der Waals surface area contributed by atoms with Gasteiger partial charge in [-0.2, -0.15) is 0 Å². The van der Waals surface area contributed by atoms with Gasteiger partial charge in [0.1, 0.15) is 5.82 Å². The van der Waals surface area contributed by atoms with Gasteiger partial charge in [-0.05, 0) is 59.5 Å². The number of halogens is 1. The molecule has 1 N–H and O–H groups in total. The molecule has 4 nitrogen and oxygen atoms in total. The van der Waals surface area contributed by atoms with Crippen molar-refractivity contribution in [2.75, 3.05) is 5.32 Å². The van der Waals surface area contributed by atoms with Gasteiger partial charge < -0.3 is 14.8 Å². The highest BCUT2D eigenvalue weighted by Crippen LogP contribution is 2.37. The Kier molecular flexibility index (Phi) is 5.23. The van der Waals surface area contributed by atoms with Crippen LogP contribution >= 0.6 is 0 Å². The van der Waals surface area contributed by atoms with Gasteiger partial charge in [0.05, 0.1) is 18.3 Å². The lowest BCUT2D eigenvalue weighted by molar-refractivity contribution is 0.194. The number of carbonyl (C=O) groups is 1. The predicted molar refractivity (Wildman–Crippen MR) is 124 cm³/mol. The number of hydrogen-bond acceptors (Lipinski definition) is 1. The fourth-order valence-corrected chi connectivity index (χ4v) is 4.47. The molecule has 0 spiro atoms. The second kappa shape index (κ2) is 8.35. The second-order valence-electron chi connectivity index (χ2n) is 7.95. The quantitative estimate of drug-likeness (QED) is 0.410. The number of fused-ring (bicyclic) bond motifs is 3. The highest BCUT2D eigenvalue weighted by Gasteiger charge is 2.33. The summed E-state index contributed by atoms with van der Waals surface area (Å²) in [5.41, 5.74) is 5.81. The molecule has 160 valence electrons. The van der Waals surface area contributed by atoms with Crippen LogP contribution in [-0.4, -0.2) is 15.5 Å². The number of nitrogens with one attached hydrogen (secondary N) is 1. The van der Waals surface area contributed by atoms with Crippen LogP contribution in [0.1, 0.15) is 35.3 Å². The van der Waals surface area contributed by atoms with Gasteiger partial charge in [-0.25, -0.2) is 9.18 Å². The minimum Gasteiger partial charge on any atom is -0.318 e. The van der Waals surface area contributed by atoms with E-state index in [1.165, 1.54) is 12.1 Å². The number of rotatable bonds is 3. The van der Waals surface area contributed by atoms with Crippen molar-refractivity contribution in [1.29, 1.82) is 0 Å². The van der Waals surface area contributed by atoms with Gasteiger partial charge in [-0.15, -0.1) is 0 Å². The lowest BCUT2D eigenvalue weighted by Crippen LogP contribution is -2.38.